The molecule has 0 bridgehead atoms. The molecule has 0 aliphatic rings. The monoisotopic (exact) mass is 814 g/mol. The molecule has 4 aromatic rings. The summed E-state index contributed by atoms with van der Waals surface area (Å²) in [7, 11) is 2.95. The lowest BCUT2D eigenvalue weighted by atomic mass is 9.92. The van der Waals surface area contributed by atoms with E-state index in [1.807, 2.05) is 50.2 Å². The molecule has 56 heavy (non-hydrogen) atoms. The van der Waals surface area contributed by atoms with Crippen molar-refractivity contribution in [2.75, 3.05) is 14.2 Å². The Morgan fingerprint density at radius 1 is 0.661 bits per heavy atom. The summed E-state index contributed by atoms with van der Waals surface area (Å²) in [4.78, 5) is 30.9. The predicted molar refractivity (Wildman–Crippen MR) is 211 cm³/mol. The lowest BCUT2D eigenvalue weighted by molar-refractivity contribution is -0.140. The Kier molecular flexibility index (Phi) is 16.1. The highest BCUT2D eigenvalue weighted by molar-refractivity contribution is 6.32. The molecular weight excluding hydrogens is 767 g/mol. The van der Waals surface area contributed by atoms with Crippen LogP contribution in [-0.4, -0.2) is 80.8 Å². The Morgan fingerprint density at radius 3 is 1.38 bits per heavy atom. The lowest BCUT2D eigenvalue weighted by Crippen LogP contribution is -2.38. The number of aromatic nitrogens is 2. The minimum atomic E-state index is -1.09. The summed E-state index contributed by atoms with van der Waals surface area (Å²) in [6.45, 7) is 8.20. The molecule has 4 unspecified atom stereocenters. The molecular formula is C40H48Cl2N4O10. The van der Waals surface area contributed by atoms with Crippen molar-refractivity contribution < 1.29 is 49.0 Å². The maximum atomic E-state index is 11.0. The molecule has 0 radical (unpaired) electrons. The lowest BCUT2D eigenvalue weighted by Gasteiger charge is -2.20. The third-order valence-electron chi connectivity index (χ3n) is 9.41. The second-order valence-electron chi connectivity index (χ2n) is 13.3. The van der Waals surface area contributed by atoms with Crippen LogP contribution < -0.4 is 29.6 Å². The first-order chi connectivity index (χ1) is 26.6. The van der Waals surface area contributed by atoms with Gasteiger partial charge < -0.3 is 50.0 Å². The number of hydrogen-bond donors (Lipinski definition) is 6. The van der Waals surface area contributed by atoms with Crippen LogP contribution in [0.5, 0.6) is 23.5 Å². The van der Waals surface area contributed by atoms with Gasteiger partial charge in [0.05, 0.1) is 39.3 Å². The van der Waals surface area contributed by atoms with Crippen LogP contribution in [0.25, 0.3) is 11.1 Å². The Bertz CT molecular complexity index is 1860. The Balaban J connectivity index is 1.45. The number of pyridine rings is 2. The molecule has 14 nitrogen and oxygen atoms in total. The van der Waals surface area contributed by atoms with Gasteiger partial charge in [0.1, 0.15) is 23.3 Å². The summed E-state index contributed by atoms with van der Waals surface area (Å²) in [5, 5.41) is 44.8. The van der Waals surface area contributed by atoms with E-state index in [9.17, 15) is 19.8 Å². The average Bonchev–Trinajstić information content (AvgIpc) is 3.15. The smallest absolute Gasteiger partial charge is 0.306 e. The average molecular weight is 816 g/mol. The molecule has 2 heterocycles. The van der Waals surface area contributed by atoms with Crippen LogP contribution >= 0.6 is 23.2 Å². The highest BCUT2D eigenvalue weighted by atomic mass is 35.5. The van der Waals surface area contributed by atoms with Crippen molar-refractivity contribution in [2.24, 2.45) is 0 Å². The molecule has 0 aliphatic carbocycles. The first kappa shape index (κ1) is 44.0. The summed E-state index contributed by atoms with van der Waals surface area (Å²) >= 11 is 13.2. The molecule has 6 N–H and O–H groups in total. The second-order valence-corrected chi connectivity index (χ2v) is 14.1. The number of ether oxygens (including phenoxy) is 4. The third-order valence-corrected chi connectivity index (χ3v) is 9.96. The quantitative estimate of drug-likeness (QED) is 0.0583. The largest absolute Gasteiger partial charge is 0.481 e. The first-order valence-corrected chi connectivity index (χ1v) is 18.5. The highest BCUT2D eigenvalue weighted by Gasteiger charge is 2.21. The topological polar surface area (TPSA) is 202 Å². The number of aliphatic hydroxyl groups excluding tert-OH is 2. The summed E-state index contributed by atoms with van der Waals surface area (Å²) < 4.78 is 23.2. The van der Waals surface area contributed by atoms with Crippen molar-refractivity contribution in [3.05, 3.63) is 92.0 Å². The van der Waals surface area contributed by atoms with Crippen molar-refractivity contribution in [2.45, 2.75) is 91.1 Å². The number of rotatable bonds is 21. The first-order valence-electron chi connectivity index (χ1n) is 17.8. The van der Waals surface area contributed by atoms with Crippen molar-refractivity contribution in [3.8, 4) is 34.6 Å². The number of aliphatic hydroxyl groups is 2. The normalized spacial score (nSPS) is 13.4. The maximum Gasteiger partial charge on any atom is 0.306 e. The number of hydrogen-bond acceptors (Lipinski definition) is 12. The second kappa shape index (κ2) is 20.5. The molecule has 0 saturated heterocycles. The van der Waals surface area contributed by atoms with Gasteiger partial charge >= 0.3 is 11.9 Å². The molecule has 0 spiro atoms. The van der Waals surface area contributed by atoms with E-state index in [0.29, 0.717) is 11.1 Å². The van der Waals surface area contributed by atoms with Crippen LogP contribution in [0.1, 0.15) is 60.1 Å². The fourth-order valence-corrected chi connectivity index (χ4v) is 6.33. The van der Waals surface area contributed by atoms with Gasteiger partial charge in [-0.15, -0.1) is 0 Å². The van der Waals surface area contributed by atoms with Crippen molar-refractivity contribution in [1.29, 1.82) is 0 Å². The van der Waals surface area contributed by atoms with E-state index >= 15 is 0 Å². The maximum absolute atomic E-state index is 11.0. The van der Waals surface area contributed by atoms with E-state index in [2.05, 4.69) is 20.6 Å². The highest BCUT2D eigenvalue weighted by Crippen LogP contribution is 2.34. The molecule has 0 amide bonds. The van der Waals surface area contributed by atoms with Gasteiger partial charge in [-0.05, 0) is 73.2 Å². The third kappa shape index (κ3) is 11.7. The standard InChI is InChI=1S/C40H48Cl2N4O10/c1-21-25(19-55-39-31(41)13-27(37(45-39)53-5)17-43-23(3)33(47)15-35(49)50)9-7-11-29(21)30-12-8-10-26(22(30)2)20-56-40-32(42)14-28(38(46-40)54-6)18-44-24(4)34(48)16-36(51)52/h7-14,23-24,33-34,43-44,47-48H,15-20H2,1-6H3,(H,49,50)(H,51,52). The van der Waals surface area contributed by atoms with E-state index < -0.39 is 36.2 Å². The summed E-state index contributed by atoms with van der Waals surface area (Å²) in [6, 6.07) is 14.2. The molecule has 0 saturated carbocycles. The molecule has 4 rings (SSSR count). The molecule has 16 heteroatoms. The van der Waals surface area contributed by atoms with Gasteiger partial charge in [-0.3, -0.25) is 9.59 Å². The zero-order chi connectivity index (χ0) is 41.1. The molecule has 2 aromatic carbocycles. The van der Waals surface area contributed by atoms with Crippen LogP contribution in [-0.2, 0) is 35.9 Å². The summed E-state index contributed by atoms with van der Waals surface area (Å²) in [5.74, 6) is -1.26. The van der Waals surface area contributed by atoms with Gasteiger partial charge in [0.15, 0.2) is 0 Å². The number of carbonyl (C=O) groups is 2. The van der Waals surface area contributed by atoms with Crippen molar-refractivity contribution in [3.63, 3.8) is 0 Å². The molecule has 2 aromatic heterocycles. The van der Waals surface area contributed by atoms with Crippen LogP contribution in [0.2, 0.25) is 10.0 Å². The van der Waals surface area contributed by atoms with Gasteiger partial charge in [0.25, 0.3) is 0 Å². The number of methoxy groups -OCH3 is 2. The number of nitrogens with one attached hydrogen (secondary N) is 2. The van der Waals surface area contributed by atoms with Crippen LogP contribution in [0.15, 0.2) is 48.5 Å². The fraction of sp³-hybridized carbons (Fsp3) is 0.400. The number of benzene rings is 2. The van der Waals surface area contributed by atoms with Crippen LogP contribution in [0.4, 0.5) is 0 Å². The SMILES string of the molecule is COc1nc(OCc2cccc(-c3cccc(COc4nc(OC)c(CNC(C)C(O)CC(=O)O)cc4Cl)c3C)c2C)c(Cl)cc1CNC(C)C(O)CC(=O)O. The van der Waals surface area contributed by atoms with Gasteiger partial charge in [0, 0.05) is 36.3 Å². The minimum absolute atomic E-state index is 0.173. The van der Waals surface area contributed by atoms with Crippen LogP contribution in [0.3, 0.4) is 0 Å². The van der Waals surface area contributed by atoms with Crippen LogP contribution in [0, 0.1) is 13.8 Å². The zero-order valence-corrected chi connectivity index (χ0v) is 33.6. The number of halogens is 2. The predicted octanol–water partition coefficient (Wildman–Crippen LogP) is 5.87. The number of aliphatic carboxylic acids is 2. The molecule has 0 aliphatic heterocycles. The van der Waals surface area contributed by atoms with E-state index in [1.54, 1.807) is 26.0 Å². The number of carboxylic acid groups (broad SMARTS) is 2. The molecule has 0 fully saturated rings. The minimum Gasteiger partial charge on any atom is -0.481 e. The van der Waals surface area contributed by atoms with E-state index in [0.717, 1.165) is 33.4 Å². The number of carboxylic acids is 2. The number of nitrogens with zero attached hydrogens (tertiary/aromatic N) is 2. The van der Waals surface area contributed by atoms with Gasteiger partial charge in [-0.25, -0.2) is 0 Å². The summed E-state index contributed by atoms with van der Waals surface area (Å²) in [5.41, 5.74) is 7.04. The van der Waals surface area contributed by atoms with E-state index in [-0.39, 0.29) is 72.7 Å². The van der Waals surface area contributed by atoms with E-state index in [4.69, 9.17) is 52.4 Å². The van der Waals surface area contributed by atoms with Gasteiger partial charge in [0.2, 0.25) is 23.5 Å². The summed E-state index contributed by atoms with van der Waals surface area (Å²) in [6.07, 6.45) is -2.92. The van der Waals surface area contributed by atoms with Gasteiger partial charge in [-0.2, -0.15) is 9.97 Å². The zero-order valence-electron chi connectivity index (χ0n) is 32.1. The van der Waals surface area contributed by atoms with E-state index in [1.165, 1.54) is 14.2 Å². The van der Waals surface area contributed by atoms with Crippen molar-refractivity contribution >= 4 is 35.1 Å². The Hall–Kier alpha value is -4.70. The Labute approximate surface area is 335 Å². The van der Waals surface area contributed by atoms with Gasteiger partial charge in [-0.1, -0.05) is 59.6 Å². The molecule has 302 valence electrons. The van der Waals surface area contributed by atoms with Crippen molar-refractivity contribution in [1.82, 2.24) is 20.6 Å². The fourth-order valence-electron chi connectivity index (χ4n) is 5.88. The Morgan fingerprint density at radius 2 is 1.04 bits per heavy atom. The molecule has 4 atom stereocenters.